The fraction of sp³-hybridized carbons (Fsp3) is 0.556. The molecule has 0 unspecified atom stereocenters. The van der Waals surface area contributed by atoms with Crippen molar-refractivity contribution in [1.82, 2.24) is 10.2 Å². The number of ether oxygens (including phenoxy) is 2. The summed E-state index contributed by atoms with van der Waals surface area (Å²) in [5.41, 5.74) is 1.25. The predicted octanol–water partition coefficient (Wildman–Crippen LogP) is 1.68. The predicted molar refractivity (Wildman–Crippen MR) is 119 cm³/mol. The van der Waals surface area contributed by atoms with Crippen LogP contribution in [0, 0.1) is 0 Å². The van der Waals surface area contributed by atoms with Crippen LogP contribution in [0.2, 0.25) is 0 Å². The van der Waals surface area contributed by atoms with Gasteiger partial charge >= 0.3 is 5.97 Å². The quantitative estimate of drug-likeness (QED) is 0.277. The minimum atomic E-state index is -3.11. The highest BCUT2D eigenvalue weighted by molar-refractivity contribution is 14.0. The lowest BCUT2D eigenvalue weighted by Gasteiger charge is -2.39. The molecule has 1 heterocycles. The Balaban J connectivity index is 0.00000392. The van der Waals surface area contributed by atoms with Crippen molar-refractivity contribution in [2.75, 3.05) is 40.1 Å². The van der Waals surface area contributed by atoms with Gasteiger partial charge in [-0.05, 0) is 31.5 Å². The molecule has 10 heteroatoms. The first kappa shape index (κ1) is 24.5. The van der Waals surface area contributed by atoms with Gasteiger partial charge in [-0.3, -0.25) is 4.99 Å². The average Bonchev–Trinajstić information content (AvgIpc) is 2.64. The van der Waals surface area contributed by atoms with Gasteiger partial charge < -0.3 is 19.7 Å². The summed E-state index contributed by atoms with van der Waals surface area (Å²) in [6.07, 6.45) is 0. The number of esters is 1. The Morgan fingerprint density at radius 2 is 2.00 bits per heavy atom. The first-order valence-electron chi connectivity index (χ1n) is 8.58. The monoisotopic (exact) mass is 525 g/mol. The van der Waals surface area contributed by atoms with Gasteiger partial charge in [0, 0.05) is 26.7 Å². The van der Waals surface area contributed by atoms with Crippen molar-refractivity contribution in [2.45, 2.75) is 25.1 Å². The second kappa shape index (κ2) is 9.77. The average molecular weight is 525 g/mol. The van der Waals surface area contributed by atoms with Crippen LogP contribution in [0.1, 0.15) is 29.8 Å². The Kier molecular flexibility index (Phi) is 8.54. The first-order valence-corrected chi connectivity index (χ1v) is 10.2. The van der Waals surface area contributed by atoms with Gasteiger partial charge in [0.2, 0.25) is 0 Å². The van der Waals surface area contributed by atoms with E-state index in [4.69, 9.17) is 9.47 Å². The van der Waals surface area contributed by atoms with Gasteiger partial charge in [0.25, 0.3) is 0 Å². The van der Waals surface area contributed by atoms with Gasteiger partial charge in [-0.25, -0.2) is 13.2 Å². The Labute approximate surface area is 183 Å². The van der Waals surface area contributed by atoms with Gasteiger partial charge in [0.1, 0.15) is 11.3 Å². The number of nitrogens with one attached hydrogen (secondary N) is 1. The van der Waals surface area contributed by atoms with E-state index in [0.717, 1.165) is 5.56 Å². The number of hydrogen-bond acceptors (Lipinski definition) is 6. The number of aliphatic imine (C=N–C) groups is 1. The van der Waals surface area contributed by atoms with Crippen LogP contribution in [-0.4, -0.2) is 70.1 Å². The summed E-state index contributed by atoms with van der Waals surface area (Å²) < 4.78 is 33.6. The first-order chi connectivity index (χ1) is 12.6. The minimum absolute atomic E-state index is 0. The molecule has 1 fully saturated rings. The lowest BCUT2D eigenvalue weighted by Crippen LogP contribution is -2.57. The molecule has 158 valence electrons. The molecule has 1 aromatic rings. The van der Waals surface area contributed by atoms with Crippen LogP contribution in [-0.2, 0) is 21.1 Å². The number of sulfone groups is 1. The van der Waals surface area contributed by atoms with E-state index >= 15 is 0 Å². The maximum Gasteiger partial charge on any atom is 0.341 e. The van der Waals surface area contributed by atoms with Crippen molar-refractivity contribution in [3.05, 3.63) is 29.3 Å². The molecule has 0 amide bonds. The highest BCUT2D eigenvalue weighted by Gasteiger charge is 2.40. The zero-order chi connectivity index (χ0) is 20.2. The number of nitrogens with zero attached hydrogens (tertiary/aromatic N) is 2. The van der Waals surface area contributed by atoms with Crippen LogP contribution in [0.15, 0.2) is 23.2 Å². The fourth-order valence-electron chi connectivity index (χ4n) is 2.96. The SMILES string of the molecule is CN=C(NCc1ccc(C(=O)OC)c(OC)c1)N1CCS(=O)(=O)C(C)(C)C1.I. The number of methoxy groups -OCH3 is 2. The molecule has 0 saturated carbocycles. The largest absolute Gasteiger partial charge is 0.496 e. The summed E-state index contributed by atoms with van der Waals surface area (Å²) >= 11 is 0. The molecule has 1 aromatic carbocycles. The number of rotatable bonds is 4. The maximum atomic E-state index is 12.2. The summed E-state index contributed by atoms with van der Waals surface area (Å²) in [7, 11) is 1.37. The van der Waals surface area contributed by atoms with E-state index in [1.54, 1.807) is 39.1 Å². The number of hydrogen-bond donors (Lipinski definition) is 1. The molecule has 1 saturated heterocycles. The van der Waals surface area contributed by atoms with E-state index in [1.807, 2.05) is 4.90 Å². The number of carbonyl (C=O) groups excluding carboxylic acids is 1. The van der Waals surface area contributed by atoms with Gasteiger partial charge in [-0.2, -0.15) is 0 Å². The van der Waals surface area contributed by atoms with Gasteiger partial charge in [-0.15, -0.1) is 24.0 Å². The molecule has 1 N–H and O–H groups in total. The van der Waals surface area contributed by atoms with Gasteiger partial charge in [-0.1, -0.05) is 6.07 Å². The molecule has 28 heavy (non-hydrogen) atoms. The molecule has 0 atom stereocenters. The molecule has 1 aliphatic rings. The second-order valence-electron chi connectivity index (χ2n) is 6.93. The zero-order valence-corrected chi connectivity index (χ0v) is 20.0. The molecular weight excluding hydrogens is 497 g/mol. The van der Waals surface area contributed by atoms with Crippen LogP contribution in [0.5, 0.6) is 5.75 Å². The van der Waals surface area contributed by atoms with E-state index in [9.17, 15) is 13.2 Å². The molecular formula is C18H28IN3O5S. The van der Waals surface area contributed by atoms with E-state index in [-0.39, 0.29) is 29.7 Å². The van der Waals surface area contributed by atoms with E-state index in [2.05, 4.69) is 10.3 Å². The van der Waals surface area contributed by atoms with E-state index in [0.29, 0.717) is 36.9 Å². The minimum Gasteiger partial charge on any atom is -0.496 e. The van der Waals surface area contributed by atoms with Gasteiger partial charge in [0.05, 0.1) is 24.7 Å². The van der Waals surface area contributed by atoms with Crippen LogP contribution < -0.4 is 10.1 Å². The number of carbonyl (C=O) groups is 1. The van der Waals surface area contributed by atoms with Crippen molar-refractivity contribution in [3.63, 3.8) is 0 Å². The number of halogens is 1. The Bertz CT molecular complexity index is 840. The molecule has 0 aromatic heterocycles. The lowest BCUT2D eigenvalue weighted by atomic mass is 10.1. The molecule has 0 spiro atoms. The summed E-state index contributed by atoms with van der Waals surface area (Å²) in [5.74, 6) is 0.705. The second-order valence-corrected chi connectivity index (χ2v) is 9.67. The van der Waals surface area contributed by atoms with Crippen molar-refractivity contribution >= 4 is 45.7 Å². The normalized spacial score (nSPS) is 18.0. The third-order valence-electron chi connectivity index (χ3n) is 4.68. The highest BCUT2D eigenvalue weighted by atomic mass is 127. The number of guanidine groups is 1. The highest BCUT2D eigenvalue weighted by Crippen LogP contribution is 2.24. The topological polar surface area (TPSA) is 97.3 Å². The molecule has 0 radical (unpaired) electrons. The molecule has 8 nitrogen and oxygen atoms in total. The van der Waals surface area contributed by atoms with Crippen LogP contribution in [0.4, 0.5) is 0 Å². The van der Waals surface area contributed by atoms with Gasteiger partial charge in [0.15, 0.2) is 15.8 Å². The summed E-state index contributed by atoms with van der Waals surface area (Å²) in [5, 5.41) is 3.24. The Hall–Kier alpha value is -1.56. The molecule has 1 aliphatic heterocycles. The van der Waals surface area contributed by atoms with Crippen molar-refractivity contribution in [1.29, 1.82) is 0 Å². The van der Waals surface area contributed by atoms with Crippen molar-refractivity contribution in [3.8, 4) is 5.75 Å². The molecule has 2 rings (SSSR count). The maximum absolute atomic E-state index is 12.2. The molecule has 0 aliphatic carbocycles. The third-order valence-corrected chi connectivity index (χ3v) is 7.21. The summed E-state index contributed by atoms with van der Waals surface area (Å²) in [6, 6.07) is 5.22. The van der Waals surface area contributed by atoms with Crippen LogP contribution >= 0.6 is 24.0 Å². The Morgan fingerprint density at radius 3 is 2.54 bits per heavy atom. The third kappa shape index (κ3) is 5.28. The Morgan fingerprint density at radius 1 is 1.32 bits per heavy atom. The van der Waals surface area contributed by atoms with Crippen molar-refractivity contribution in [2.24, 2.45) is 4.99 Å². The lowest BCUT2D eigenvalue weighted by molar-refractivity contribution is 0.0597. The number of benzene rings is 1. The molecule has 0 bridgehead atoms. The standard InChI is InChI=1S/C18H27N3O5S.HI/c1-18(2)12-21(8-9-27(18,23)24)17(19-3)20-11-13-6-7-14(16(22)26-5)15(10-13)25-4;/h6-7,10H,8-9,11-12H2,1-5H3,(H,19,20);1H. The smallest absolute Gasteiger partial charge is 0.341 e. The fourth-order valence-corrected chi connectivity index (χ4v) is 4.33. The van der Waals surface area contributed by atoms with Crippen LogP contribution in [0.3, 0.4) is 0 Å². The zero-order valence-electron chi connectivity index (χ0n) is 16.8. The summed E-state index contributed by atoms with van der Waals surface area (Å²) in [6.45, 7) is 4.69. The van der Waals surface area contributed by atoms with Crippen molar-refractivity contribution < 1.29 is 22.7 Å². The summed E-state index contributed by atoms with van der Waals surface area (Å²) in [4.78, 5) is 18.0. The van der Waals surface area contributed by atoms with E-state index in [1.165, 1.54) is 14.2 Å². The van der Waals surface area contributed by atoms with E-state index < -0.39 is 20.6 Å². The van der Waals surface area contributed by atoms with Crippen LogP contribution in [0.25, 0.3) is 0 Å².